The van der Waals surface area contributed by atoms with Crippen LogP contribution in [-0.2, 0) is 14.3 Å². The van der Waals surface area contributed by atoms with E-state index in [0.29, 0.717) is 19.4 Å². The monoisotopic (exact) mass is 255 g/mol. The van der Waals surface area contributed by atoms with Crippen molar-refractivity contribution in [3.8, 4) is 0 Å². The normalized spacial score (nSPS) is 36.7. The Morgan fingerprint density at radius 2 is 1.83 bits per heavy atom. The number of amides is 1. The van der Waals surface area contributed by atoms with Crippen LogP contribution in [0.5, 0.6) is 0 Å². The molecule has 5 nitrogen and oxygen atoms in total. The number of rotatable bonds is 2. The molecule has 1 amide bonds. The zero-order valence-corrected chi connectivity index (χ0v) is 11.0. The molecule has 1 N–H and O–H groups in total. The van der Waals surface area contributed by atoms with Crippen molar-refractivity contribution in [2.45, 2.75) is 57.7 Å². The van der Waals surface area contributed by atoms with Crippen LogP contribution >= 0.6 is 0 Å². The predicted octanol–water partition coefficient (Wildman–Crippen LogP) is 1.27. The van der Waals surface area contributed by atoms with Gasteiger partial charge in [0, 0.05) is 18.7 Å². The molecule has 5 heteroatoms. The molecular formula is C13H21NO4. The Morgan fingerprint density at radius 3 is 2.28 bits per heavy atom. The summed E-state index contributed by atoms with van der Waals surface area (Å²) in [5, 5.41) is 9.08. The van der Waals surface area contributed by atoms with Gasteiger partial charge < -0.3 is 14.7 Å². The second-order valence-corrected chi connectivity index (χ2v) is 5.45. The lowest BCUT2D eigenvalue weighted by atomic mass is 9.86. The van der Waals surface area contributed by atoms with Crippen LogP contribution in [0.25, 0.3) is 0 Å². The second kappa shape index (κ2) is 5.26. The average molecular weight is 255 g/mol. The summed E-state index contributed by atoms with van der Waals surface area (Å²) < 4.78 is 5.43. The smallest absolute Gasteiger partial charge is 0.306 e. The van der Waals surface area contributed by atoms with Gasteiger partial charge in [0.1, 0.15) is 6.10 Å². The summed E-state index contributed by atoms with van der Waals surface area (Å²) in [5.74, 6) is -1.04. The Labute approximate surface area is 107 Å². The van der Waals surface area contributed by atoms with E-state index >= 15 is 0 Å². The van der Waals surface area contributed by atoms with Crippen LogP contribution < -0.4 is 0 Å². The largest absolute Gasteiger partial charge is 0.481 e. The summed E-state index contributed by atoms with van der Waals surface area (Å²) in [5.41, 5.74) is 0. The molecule has 2 aliphatic rings. The van der Waals surface area contributed by atoms with Crippen molar-refractivity contribution in [1.82, 2.24) is 4.90 Å². The number of nitrogens with zero attached hydrogens (tertiary/aromatic N) is 1. The summed E-state index contributed by atoms with van der Waals surface area (Å²) in [6.45, 7) is 4.52. The van der Waals surface area contributed by atoms with Crippen LogP contribution in [0.2, 0.25) is 0 Å². The fourth-order valence-corrected chi connectivity index (χ4v) is 3.16. The molecule has 2 rings (SSSR count). The molecule has 2 aliphatic heterocycles. The quantitative estimate of drug-likeness (QED) is 0.806. The Bertz CT molecular complexity index is 326. The number of hydrogen-bond acceptors (Lipinski definition) is 3. The van der Waals surface area contributed by atoms with Crippen LogP contribution in [0.3, 0.4) is 0 Å². The standard InChI is InChI=1S/C13H21NO4/c1-8-6-10(13(16)17)7-9(2)14(8)12(15)11-4-3-5-18-11/h8-11H,3-7H2,1-2H3,(H,16,17). The van der Waals surface area contributed by atoms with E-state index in [1.165, 1.54) is 0 Å². The first-order chi connectivity index (χ1) is 8.50. The first kappa shape index (κ1) is 13.3. The first-order valence-corrected chi connectivity index (χ1v) is 6.67. The van der Waals surface area contributed by atoms with Crippen LogP contribution in [-0.4, -0.2) is 46.7 Å². The van der Waals surface area contributed by atoms with Crippen molar-refractivity contribution in [2.75, 3.05) is 6.61 Å². The molecule has 0 aromatic heterocycles. The third kappa shape index (κ3) is 2.51. The number of carboxylic acids is 1. The molecule has 0 radical (unpaired) electrons. The lowest BCUT2D eigenvalue weighted by molar-refractivity contribution is -0.154. The Kier molecular flexibility index (Phi) is 3.90. The number of likely N-dealkylation sites (tertiary alicyclic amines) is 1. The van der Waals surface area contributed by atoms with E-state index < -0.39 is 5.97 Å². The highest BCUT2D eigenvalue weighted by atomic mass is 16.5. The molecule has 0 bridgehead atoms. The Balaban J connectivity index is 2.04. The number of ether oxygens (including phenoxy) is 1. The average Bonchev–Trinajstić information content (AvgIpc) is 2.80. The molecule has 0 aromatic rings. The van der Waals surface area contributed by atoms with Crippen molar-refractivity contribution in [1.29, 1.82) is 0 Å². The molecule has 0 saturated carbocycles. The van der Waals surface area contributed by atoms with Gasteiger partial charge in [0.05, 0.1) is 5.92 Å². The van der Waals surface area contributed by atoms with Crippen LogP contribution in [0.15, 0.2) is 0 Å². The maximum Gasteiger partial charge on any atom is 0.306 e. The van der Waals surface area contributed by atoms with Gasteiger partial charge >= 0.3 is 5.97 Å². The zero-order chi connectivity index (χ0) is 13.3. The summed E-state index contributed by atoms with van der Waals surface area (Å²) in [7, 11) is 0. The van der Waals surface area contributed by atoms with E-state index in [0.717, 1.165) is 12.8 Å². The number of carbonyl (C=O) groups excluding carboxylic acids is 1. The molecule has 102 valence electrons. The molecule has 2 fully saturated rings. The highest BCUT2D eigenvalue weighted by Gasteiger charge is 2.40. The maximum absolute atomic E-state index is 12.4. The zero-order valence-electron chi connectivity index (χ0n) is 11.0. The summed E-state index contributed by atoms with van der Waals surface area (Å²) in [4.78, 5) is 25.2. The van der Waals surface area contributed by atoms with E-state index in [1.807, 2.05) is 18.7 Å². The van der Waals surface area contributed by atoms with Crippen molar-refractivity contribution < 1.29 is 19.4 Å². The number of aliphatic carboxylic acids is 1. The molecule has 0 aliphatic carbocycles. The van der Waals surface area contributed by atoms with Crippen molar-refractivity contribution >= 4 is 11.9 Å². The third-order valence-electron chi connectivity index (χ3n) is 4.01. The third-order valence-corrected chi connectivity index (χ3v) is 4.01. The topological polar surface area (TPSA) is 66.8 Å². The van der Waals surface area contributed by atoms with E-state index in [2.05, 4.69) is 0 Å². The Hall–Kier alpha value is -1.10. The number of piperidine rings is 1. The summed E-state index contributed by atoms with van der Waals surface area (Å²) >= 11 is 0. The highest BCUT2D eigenvalue weighted by Crippen LogP contribution is 2.30. The van der Waals surface area contributed by atoms with Gasteiger partial charge in [-0.2, -0.15) is 0 Å². The fraction of sp³-hybridized carbons (Fsp3) is 0.846. The van der Waals surface area contributed by atoms with E-state index in [9.17, 15) is 9.59 Å². The predicted molar refractivity (Wildman–Crippen MR) is 65.1 cm³/mol. The summed E-state index contributed by atoms with van der Waals surface area (Å²) in [6, 6.07) is -0.0434. The van der Waals surface area contributed by atoms with Crippen LogP contribution in [0, 0.1) is 5.92 Å². The fourth-order valence-electron chi connectivity index (χ4n) is 3.16. The molecule has 2 saturated heterocycles. The van der Waals surface area contributed by atoms with Gasteiger partial charge in [0.2, 0.25) is 0 Å². The first-order valence-electron chi connectivity index (χ1n) is 6.67. The van der Waals surface area contributed by atoms with Crippen molar-refractivity contribution in [2.24, 2.45) is 5.92 Å². The number of carboxylic acid groups (broad SMARTS) is 1. The lowest BCUT2D eigenvalue weighted by Crippen LogP contribution is -2.54. The minimum Gasteiger partial charge on any atom is -0.481 e. The maximum atomic E-state index is 12.4. The molecule has 18 heavy (non-hydrogen) atoms. The SMILES string of the molecule is CC1CC(C(=O)O)CC(C)N1C(=O)C1CCCO1. The molecule has 3 unspecified atom stereocenters. The van der Waals surface area contributed by atoms with Crippen LogP contribution in [0.1, 0.15) is 39.5 Å². The molecule has 2 heterocycles. The Morgan fingerprint density at radius 1 is 1.22 bits per heavy atom. The molecule has 3 atom stereocenters. The summed E-state index contributed by atoms with van der Waals surface area (Å²) in [6.07, 6.45) is 2.49. The minimum absolute atomic E-state index is 0.0217. The van der Waals surface area contributed by atoms with Gasteiger partial charge in [-0.15, -0.1) is 0 Å². The number of hydrogen-bond donors (Lipinski definition) is 1. The minimum atomic E-state index is -0.752. The highest BCUT2D eigenvalue weighted by molar-refractivity contribution is 5.82. The van der Waals surface area contributed by atoms with E-state index in [1.54, 1.807) is 0 Å². The van der Waals surface area contributed by atoms with E-state index in [-0.39, 0.29) is 30.0 Å². The van der Waals surface area contributed by atoms with Gasteiger partial charge in [0.15, 0.2) is 0 Å². The molecule has 0 aromatic carbocycles. The lowest BCUT2D eigenvalue weighted by Gasteiger charge is -2.42. The molecular weight excluding hydrogens is 234 g/mol. The van der Waals surface area contributed by atoms with Gasteiger partial charge in [0.25, 0.3) is 5.91 Å². The van der Waals surface area contributed by atoms with Gasteiger partial charge in [-0.05, 0) is 39.5 Å². The van der Waals surface area contributed by atoms with Gasteiger partial charge in [-0.1, -0.05) is 0 Å². The van der Waals surface area contributed by atoms with Crippen LogP contribution in [0.4, 0.5) is 0 Å². The van der Waals surface area contributed by atoms with Crippen molar-refractivity contribution in [3.63, 3.8) is 0 Å². The molecule has 0 spiro atoms. The number of carbonyl (C=O) groups is 2. The van der Waals surface area contributed by atoms with Gasteiger partial charge in [-0.3, -0.25) is 9.59 Å². The van der Waals surface area contributed by atoms with Crippen molar-refractivity contribution in [3.05, 3.63) is 0 Å². The second-order valence-electron chi connectivity index (χ2n) is 5.45. The van der Waals surface area contributed by atoms with Gasteiger partial charge in [-0.25, -0.2) is 0 Å². The van der Waals surface area contributed by atoms with E-state index in [4.69, 9.17) is 9.84 Å².